The van der Waals surface area contributed by atoms with E-state index in [-0.39, 0.29) is 0 Å². The summed E-state index contributed by atoms with van der Waals surface area (Å²) in [5, 5.41) is 3.65. The first-order valence-corrected chi connectivity index (χ1v) is 8.10. The summed E-state index contributed by atoms with van der Waals surface area (Å²) in [5.74, 6) is 0.933. The monoisotopic (exact) mass is 252 g/mol. The van der Waals surface area contributed by atoms with Gasteiger partial charge >= 0.3 is 0 Å². The number of likely N-dealkylation sites (tertiary alicyclic amines) is 1. The smallest absolute Gasteiger partial charge is 0.00697 e. The molecule has 3 atom stereocenters. The standard InChI is InChI=1S/C16H32N2/c1-4-7-16(8-5-9-17-12-16)13-18-10-6-14(2)11-15(18)3/h14-15,17H,4-13H2,1-3H3. The van der Waals surface area contributed by atoms with Gasteiger partial charge in [0, 0.05) is 19.1 Å². The number of piperidine rings is 2. The summed E-state index contributed by atoms with van der Waals surface area (Å²) in [5.41, 5.74) is 0.571. The molecule has 18 heavy (non-hydrogen) atoms. The highest BCUT2D eigenvalue weighted by molar-refractivity contribution is 4.90. The maximum Gasteiger partial charge on any atom is 0.00697 e. The van der Waals surface area contributed by atoms with Crippen molar-refractivity contribution in [3.63, 3.8) is 0 Å². The zero-order chi connectivity index (χ0) is 13.0. The first-order chi connectivity index (χ1) is 8.65. The van der Waals surface area contributed by atoms with E-state index in [0.29, 0.717) is 5.41 Å². The second-order valence-corrected chi connectivity index (χ2v) is 6.98. The van der Waals surface area contributed by atoms with Gasteiger partial charge in [-0.1, -0.05) is 20.3 Å². The van der Waals surface area contributed by atoms with Crippen LogP contribution in [0.15, 0.2) is 0 Å². The third-order valence-electron chi connectivity index (χ3n) is 5.16. The number of rotatable bonds is 4. The quantitative estimate of drug-likeness (QED) is 0.826. The zero-order valence-corrected chi connectivity index (χ0v) is 12.7. The lowest BCUT2D eigenvalue weighted by molar-refractivity contribution is 0.0502. The molecule has 0 radical (unpaired) electrons. The van der Waals surface area contributed by atoms with Crippen molar-refractivity contribution in [2.45, 2.75) is 65.3 Å². The lowest BCUT2D eigenvalue weighted by atomic mass is 9.75. The molecule has 3 unspecified atom stereocenters. The van der Waals surface area contributed by atoms with Crippen LogP contribution in [0.3, 0.4) is 0 Å². The van der Waals surface area contributed by atoms with Crippen LogP contribution in [0.25, 0.3) is 0 Å². The van der Waals surface area contributed by atoms with E-state index in [1.54, 1.807) is 0 Å². The fourth-order valence-electron chi connectivity index (χ4n) is 4.11. The fraction of sp³-hybridized carbons (Fsp3) is 1.00. The molecule has 0 saturated carbocycles. The summed E-state index contributed by atoms with van der Waals surface area (Å²) in [6.45, 7) is 12.3. The topological polar surface area (TPSA) is 15.3 Å². The molecule has 2 aliphatic heterocycles. The molecule has 2 nitrogen and oxygen atoms in total. The minimum atomic E-state index is 0.571. The normalized spacial score (nSPS) is 38.8. The van der Waals surface area contributed by atoms with Crippen LogP contribution in [0.5, 0.6) is 0 Å². The lowest BCUT2D eigenvalue weighted by Crippen LogP contribution is -2.51. The number of hydrogen-bond acceptors (Lipinski definition) is 2. The lowest BCUT2D eigenvalue weighted by Gasteiger charge is -2.46. The minimum Gasteiger partial charge on any atom is -0.316 e. The molecule has 106 valence electrons. The van der Waals surface area contributed by atoms with Crippen molar-refractivity contribution in [1.29, 1.82) is 0 Å². The molecule has 0 bridgehead atoms. The van der Waals surface area contributed by atoms with Gasteiger partial charge in [0.05, 0.1) is 0 Å². The predicted octanol–water partition coefficient (Wildman–Crippen LogP) is 3.28. The molecule has 0 aromatic rings. The van der Waals surface area contributed by atoms with Crippen LogP contribution < -0.4 is 5.32 Å². The summed E-state index contributed by atoms with van der Waals surface area (Å²) < 4.78 is 0. The highest BCUT2D eigenvalue weighted by Gasteiger charge is 2.35. The SMILES string of the molecule is CCCC1(CN2CCC(C)CC2C)CCCNC1. The van der Waals surface area contributed by atoms with Crippen LogP contribution in [0, 0.1) is 11.3 Å². The Labute approximate surface area is 114 Å². The summed E-state index contributed by atoms with van der Waals surface area (Å²) >= 11 is 0. The van der Waals surface area contributed by atoms with Gasteiger partial charge in [-0.25, -0.2) is 0 Å². The third kappa shape index (κ3) is 3.48. The molecule has 2 heterocycles. The van der Waals surface area contributed by atoms with Crippen LogP contribution in [-0.2, 0) is 0 Å². The van der Waals surface area contributed by atoms with E-state index in [9.17, 15) is 0 Å². The van der Waals surface area contributed by atoms with E-state index in [0.717, 1.165) is 12.0 Å². The molecule has 2 heteroatoms. The Morgan fingerprint density at radius 3 is 2.78 bits per heavy atom. The van der Waals surface area contributed by atoms with Crippen molar-refractivity contribution in [3.8, 4) is 0 Å². The Bertz CT molecular complexity index is 240. The Morgan fingerprint density at radius 2 is 2.17 bits per heavy atom. The Kier molecular flexibility index (Phi) is 5.08. The third-order valence-corrected chi connectivity index (χ3v) is 5.16. The van der Waals surface area contributed by atoms with Crippen molar-refractivity contribution < 1.29 is 0 Å². The van der Waals surface area contributed by atoms with Gasteiger partial charge in [-0.3, -0.25) is 0 Å². The highest BCUT2D eigenvalue weighted by Crippen LogP contribution is 2.35. The molecular formula is C16H32N2. The minimum absolute atomic E-state index is 0.571. The van der Waals surface area contributed by atoms with Gasteiger partial charge < -0.3 is 10.2 Å². The largest absolute Gasteiger partial charge is 0.316 e. The van der Waals surface area contributed by atoms with Gasteiger partial charge in [0.25, 0.3) is 0 Å². The average molecular weight is 252 g/mol. The molecule has 2 fully saturated rings. The second-order valence-electron chi connectivity index (χ2n) is 6.98. The van der Waals surface area contributed by atoms with E-state index >= 15 is 0 Å². The van der Waals surface area contributed by atoms with Crippen molar-refractivity contribution >= 4 is 0 Å². The van der Waals surface area contributed by atoms with Gasteiger partial charge in [-0.15, -0.1) is 0 Å². The van der Waals surface area contributed by atoms with Crippen LogP contribution in [0.1, 0.15) is 59.3 Å². The summed E-state index contributed by atoms with van der Waals surface area (Å²) in [7, 11) is 0. The van der Waals surface area contributed by atoms with E-state index in [1.165, 1.54) is 64.7 Å². The van der Waals surface area contributed by atoms with Crippen molar-refractivity contribution in [1.82, 2.24) is 10.2 Å². The van der Waals surface area contributed by atoms with Crippen molar-refractivity contribution in [3.05, 3.63) is 0 Å². The second kappa shape index (κ2) is 6.38. The molecule has 0 amide bonds. The van der Waals surface area contributed by atoms with Crippen LogP contribution in [-0.4, -0.2) is 37.1 Å². The van der Waals surface area contributed by atoms with Crippen LogP contribution in [0.4, 0.5) is 0 Å². The van der Waals surface area contributed by atoms with E-state index in [2.05, 4.69) is 31.0 Å². The fourth-order valence-corrected chi connectivity index (χ4v) is 4.11. The number of nitrogens with one attached hydrogen (secondary N) is 1. The Balaban J connectivity index is 1.95. The number of hydrogen-bond donors (Lipinski definition) is 1. The van der Waals surface area contributed by atoms with E-state index in [1.807, 2.05) is 0 Å². The molecule has 0 aromatic carbocycles. The summed E-state index contributed by atoms with van der Waals surface area (Å²) in [6, 6.07) is 0.796. The van der Waals surface area contributed by atoms with E-state index in [4.69, 9.17) is 0 Å². The zero-order valence-electron chi connectivity index (χ0n) is 12.7. The molecular weight excluding hydrogens is 220 g/mol. The van der Waals surface area contributed by atoms with Gasteiger partial charge in [-0.2, -0.15) is 0 Å². The molecule has 0 aromatic heterocycles. The molecule has 2 rings (SSSR count). The van der Waals surface area contributed by atoms with Crippen molar-refractivity contribution in [2.75, 3.05) is 26.2 Å². The molecule has 0 spiro atoms. The maximum absolute atomic E-state index is 3.65. The first kappa shape index (κ1) is 14.3. The molecule has 1 N–H and O–H groups in total. The van der Waals surface area contributed by atoms with Gasteiger partial charge in [-0.05, 0) is 63.5 Å². The summed E-state index contributed by atoms with van der Waals surface area (Å²) in [6.07, 6.45) is 8.35. The van der Waals surface area contributed by atoms with Crippen LogP contribution in [0.2, 0.25) is 0 Å². The predicted molar refractivity (Wildman–Crippen MR) is 78.9 cm³/mol. The highest BCUT2D eigenvalue weighted by atomic mass is 15.2. The summed E-state index contributed by atoms with van der Waals surface area (Å²) in [4.78, 5) is 2.78. The van der Waals surface area contributed by atoms with Gasteiger partial charge in [0.1, 0.15) is 0 Å². The Morgan fingerprint density at radius 1 is 1.33 bits per heavy atom. The molecule has 2 saturated heterocycles. The molecule has 2 aliphatic rings. The Hall–Kier alpha value is -0.0800. The first-order valence-electron chi connectivity index (χ1n) is 8.10. The van der Waals surface area contributed by atoms with Crippen molar-refractivity contribution in [2.24, 2.45) is 11.3 Å². The van der Waals surface area contributed by atoms with E-state index < -0.39 is 0 Å². The van der Waals surface area contributed by atoms with Gasteiger partial charge in [0.2, 0.25) is 0 Å². The van der Waals surface area contributed by atoms with Gasteiger partial charge in [0.15, 0.2) is 0 Å². The average Bonchev–Trinajstić information content (AvgIpc) is 2.34. The van der Waals surface area contributed by atoms with Crippen LogP contribution >= 0.6 is 0 Å². The maximum atomic E-state index is 3.65. The number of nitrogens with zero attached hydrogens (tertiary/aromatic N) is 1. The molecule has 0 aliphatic carbocycles.